The zero-order valence-corrected chi connectivity index (χ0v) is 13.6. The van der Waals surface area contributed by atoms with E-state index < -0.39 is 23.3 Å². The smallest absolute Gasteiger partial charge is 0.255 e. The van der Waals surface area contributed by atoms with Crippen molar-refractivity contribution in [2.75, 3.05) is 5.32 Å². The van der Waals surface area contributed by atoms with Gasteiger partial charge in [0.05, 0.1) is 5.69 Å². The molecule has 0 aliphatic rings. The van der Waals surface area contributed by atoms with E-state index in [0.717, 1.165) is 0 Å². The van der Waals surface area contributed by atoms with Gasteiger partial charge in [-0.2, -0.15) is 0 Å². The van der Waals surface area contributed by atoms with Crippen molar-refractivity contribution < 1.29 is 18.8 Å². The van der Waals surface area contributed by atoms with Crippen LogP contribution < -0.4 is 5.32 Å². The summed E-state index contributed by atoms with van der Waals surface area (Å²) in [6.07, 6.45) is 0. The van der Waals surface area contributed by atoms with Gasteiger partial charge < -0.3 is 5.32 Å². The van der Waals surface area contributed by atoms with Crippen molar-refractivity contribution in [1.29, 1.82) is 0 Å². The number of nitrogens with one attached hydrogen (secondary N) is 1. The summed E-state index contributed by atoms with van der Waals surface area (Å²) >= 11 is 0. The van der Waals surface area contributed by atoms with Gasteiger partial charge in [0.15, 0.2) is 0 Å². The minimum atomic E-state index is -0.716. The van der Waals surface area contributed by atoms with Crippen LogP contribution in [0.3, 0.4) is 0 Å². The lowest BCUT2D eigenvalue weighted by Gasteiger charge is -2.10. The van der Waals surface area contributed by atoms with Crippen molar-refractivity contribution >= 4 is 23.2 Å². The molecule has 0 spiro atoms. The molecule has 0 atom stereocenters. The third-order valence-corrected chi connectivity index (χ3v) is 3.77. The normalized spacial score (nSPS) is 10.2. The molecule has 0 radical (unpaired) electrons. The van der Waals surface area contributed by atoms with E-state index in [1.807, 2.05) is 0 Å². The van der Waals surface area contributed by atoms with E-state index in [9.17, 15) is 18.8 Å². The van der Waals surface area contributed by atoms with Crippen LogP contribution in [0.1, 0.15) is 31.1 Å². The highest BCUT2D eigenvalue weighted by Gasteiger charge is 2.21. The van der Waals surface area contributed by atoms with E-state index in [-0.39, 0.29) is 22.4 Å². The summed E-state index contributed by atoms with van der Waals surface area (Å²) in [5, 5.41) is 2.60. The third kappa shape index (κ3) is 3.72. The zero-order valence-electron chi connectivity index (χ0n) is 13.6. The van der Waals surface area contributed by atoms with Gasteiger partial charge in [0.2, 0.25) is 11.6 Å². The van der Waals surface area contributed by atoms with Crippen LogP contribution in [0.25, 0.3) is 0 Å². The molecule has 0 heterocycles. The van der Waals surface area contributed by atoms with Crippen molar-refractivity contribution in [1.82, 2.24) is 0 Å². The van der Waals surface area contributed by atoms with Crippen molar-refractivity contribution in [3.63, 3.8) is 0 Å². The second kappa shape index (κ2) is 7.53. The van der Waals surface area contributed by atoms with E-state index in [4.69, 9.17) is 0 Å². The van der Waals surface area contributed by atoms with Gasteiger partial charge in [0.1, 0.15) is 5.82 Å². The first-order valence-corrected chi connectivity index (χ1v) is 7.86. The standard InChI is InChI=1S/C21H14FNO3/c22-16-12-10-15(11-13-16)21(26)23-18-9-5-4-8-17(18)20(25)19(24)14-6-2-1-3-7-14/h1-13H,(H,23,26). The molecular weight excluding hydrogens is 333 g/mol. The van der Waals surface area contributed by atoms with Crippen molar-refractivity contribution in [3.8, 4) is 0 Å². The maximum absolute atomic E-state index is 13.0. The summed E-state index contributed by atoms with van der Waals surface area (Å²) in [5.41, 5.74) is 0.827. The van der Waals surface area contributed by atoms with Gasteiger partial charge in [0.25, 0.3) is 5.91 Å². The Hall–Kier alpha value is -3.60. The lowest BCUT2D eigenvalue weighted by atomic mass is 10.00. The monoisotopic (exact) mass is 347 g/mol. The van der Waals surface area contributed by atoms with Gasteiger partial charge in [-0.15, -0.1) is 0 Å². The molecule has 0 aliphatic carbocycles. The molecule has 0 bridgehead atoms. The molecule has 26 heavy (non-hydrogen) atoms. The number of hydrogen-bond donors (Lipinski definition) is 1. The number of Topliss-reactive ketones (excluding diaryl/α,β-unsaturated/α-hetero) is 2. The number of benzene rings is 3. The maximum atomic E-state index is 13.0. The Morgan fingerprint density at radius 1 is 0.654 bits per heavy atom. The van der Waals surface area contributed by atoms with Crippen LogP contribution in [-0.2, 0) is 0 Å². The van der Waals surface area contributed by atoms with Gasteiger partial charge in [-0.3, -0.25) is 14.4 Å². The molecule has 5 heteroatoms. The summed E-state index contributed by atoms with van der Waals surface area (Å²) in [4.78, 5) is 37.3. The minimum absolute atomic E-state index is 0.0943. The number of carbonyl (C=O) groups excluding carboxylic acids is 3. The van der Waals surface area contributed by atoms with Gasteiger partial charge in [-0.05, 0) is 36.4 Å². The summed E-state index contributed by atoms with van der Waals surface area (Å²) < 4.78 is 13.0. The molecule has 4 nitrogen and oxygen atoms in total. The van der Waals surface area contributed by atoms with E-state index in [1.54, 1.807) is 42.5 Å². The van der Waals surface area contributed by atoms with E-state index in [2.05, 4.69) is 5.32 Å². The van der Waals surface area contributed by atoms with Crippen LogP contribution >= 0.6 is 0 Å². The van der Waals surface area contributed by atoms with E-state index in [0.29, 0.717) is 0 Å². The Morgan fingerprint density at radius 3 is 1.96 bits per heavy atom. The highest BCUT2D eigenvalue weighted by Crippen LogP contribution is 2.19. The number of para-hydroxylation sites is 1. The highest BCUT2D eigenvalue weighted by atomic mass is 19.1. The maximum Gasteiger partial charge on any atom is 0.255 e. The zero-order chi connectivity index (χ0) is 18.5. The molecule has 3 aromatic rings. The SMILES string of the molecule is O=C(Nc1ccccc1C(=O)C(=O)c1ccccc1)c1ccc(F)cc1. The van der Waals surface area contributed by atoms with Crippen molar-refractivity contribution in [2.24, 2.45) is 0 Å². The average molecular weight is 347 g/mol. The predicted molar refractivity (Wildman–Crippen MR) is 95.9 cm³/mol. The molecule has 3 rings (SSSR count). The Bertz CT molecular complexity index is 966. The quantitative estimate of drug-likeness (QED) is 0.557. The van der Waals surface area contributed by atoms with E-state index in [1.165, 1.54) is 36.4 Å². The molecule has 1 N–H and O–H groups in total. The number of rotatable bonds is 5. The Balaban J connectivity index is 1.86. The molecule has 0 saturated heterocycles. The average Bonchev–Trinajstić information content (AvgIpc) is 2.68. The van der Waals surface area contributed by atoms with Crippen molar-refractivity contribution in [2.45, 2.75) is 0 Å². The van der Waals surface area contributed by atoms with Gasteiger partial charge >= 0.3 is 0 Å². The molecular formula is C21H14FNO3. The minimum Gasteiger partial charge on any atom is -0.321 e. The number of anilines is 1. The Labute approximate surface area is 149 Å². The van der Waals surface area contributed by atoms with Crippen LogP contribution in [0.15, 0.2) is 78.9 Å². The van der Waals surface area contributed by atoms with Gasteiger partial charge in [-0.25, -0.2) is 4.39 Å². The fourth-order valence-corrected chi connectivity index (χ4v) is 2.43. The fourth-order valence-electron chi connectivity index (χ4n) is 2.43. The molecule has 0 fully saturated rings. The Kier molecular flexibility index (Phi) is 4.99. The number of ketones is 2. The van der Waals surface area contributed by atoms with Crippen LogP contribution in [-0.4, -0.2) is 17.5 Å². The first kappa shape index (κ1) is 17.2. The molecule has 3 aromatic carbocycles. The largest absolute Gasteiger partial charge is 0.321 e. The third-order valence-electron chi connectivity index (χ3n) is 3.77. The highest BCUT2D eigenvalue weighted by molar-refractivity contribution is 6.50. The van der Waals surface area contributed by atoms with Crippen LogP contribution in [0.4, 0.5) is 10.1 Å². The molecule has 0 unspecified atom stereocenters. The lowest BCUT2D eigenvalue weighted by Crippen LogP contribution is -2.19. The first-order chi connectivity index (χ1) is 12.6. The number of hydrogen-bond acceptors (Lipinski definition) is 3. The lowest BCUT2D eigenvalue weighted by molar-refractivity contribution is 0.0817. The summed E-state index contributed by atoms with van der Waals surface area (Å²) in [5.74, 6) is -2.33. The molecule has 1 amide bonds. The first-order valence-electron chi connectivity index (χ1n) is 7.86. The summed E-state index contributed by atoms with van der Waals surface area (Å²) in [6.45, 7) is 0. The molecule has 0 saturated carbocycles. The van der Waals surface area contributed by atoms with Crippen LogP contribution in [0.5, 0.6) is 0 Å². The number of amides is 1. The number of halogens is 1. The molecule has 0 aromatic heterocycles. The topological polar surface area (TPSA) is 63.2 Å². The van der Waals surface area contributed by atoms with Gasteiger partial charge in [-0.1, -0.05) is 42.5 Å². The van der Waals surface area contributed by atoms with Crippen LogP contribution in [0, 0.1) is 5.82 Å². The summed E-state index contributed by atoms with van der Waals surface area (Å²) in [7, 11) is 0. The molecule has 0 aliphatic heterocycles. The summed E-state index contributed by atoms with van der Waals surface area (Å²) in [6, 6.07) is 19.5. The second-order valence-corrected chi connectivity index (χ2v) is 5.53. The predicted octanol–water partition coefficient (Wildman–Crippen LogP) is 4.14. The Morgan fingerprint density at radius 2 is 1.27 bits per heavy atom. The van der Waals surface area contributed by atoms with Gasteiger partial charge in [0, 0.05) is 16.7 Å². The number of carbonyl (C=O) groups is 3. The second-order valence-electron chi connectivity index (χ2n) is 5.53. The van der Waals surface area contributed by atoms with Crippen LogP contribution in [0.2, 0.25) is 0 Å². The molecule has 128 valence electrons. The van der Waals surface area contributed by atoms with E-state index >= 15 is 0 Å². The van der Waals surface area contributed by atoms with Crippen molar-refractivity contribution in [3.05, 3.63) is 101 Å². The fraction of sp³-hybridized carbons (Fsp3) is 0.